The van der Waals surface area contributed by atoms with Gasteiger partial charge >= 0.3 is 5.97 Å². The van der Waals surface area contributed by atoms with E-state index in [0.717, 1.165) is 13.0 Å². The molecule has 0 bridgehead atoms. The van der Waals surface area contributed by atoms with Gasteiger partial charge in [0.15, 0.2) is 0 Å². The highest BCUT2D eigenvalue weighted by molar-refractivity contribution is 5.71. The second-order valence-corrected chi connectivity index (χ2v) is 2.11. The number of esters is 1. The summed E-state index contributed by atoms with van der Waals surface area (Å²) in [6.07, 6.45) is 4.98. The Hall–Kier alpha value is -0.830. The van der Waals surface area contributed by atoms with Crippen molar-refractivity contribution in [2.45, 2.75) is 13.3 Å². The van der Waals surface area contributed by atoms with Crippen LogP contribution in [0, 0.1) is 0 Å². The Morgan fingerprint density at radius 1 is 1.64 bits per heavy atom. The van der Waals surface area contributed by atoms with Gasteiger partial charge in [-0.25, -0.2) is 0 Å². The summed E-state index contributed by atoms with van der Waals surface area (Å²) in [6, 6.07) is 0. The van der Waals surface area contributed by atoms with Crippen molar-refractivity contribution in [1.29, 1.82) is 0 Å². The lowest BCUT2D eigenvalue weighted by atomic mass is 10.4. The molecule has 0 saturated carbocycles. The quantitative estimate of drug-likeness (QED) is 0.363. The molecular weight excluding hydrogens is 142 g/mol. The molecule has 0 aromatic carbocycles. The Balaban J connectivity index is 3.08. The van der Waals surface area contributed by atoms with Gasteiger partial charge in [0.1, 0.15) is 0 Å². The van der Waals surface area contributed by atoms with Crippen LogP contribution in [0.4, 0.5) is 0 Å². The topological polar surface area (TPSA) is 38.3 Å². The van der Waals surface area contributed by atoms with Gasteiger partial charge in [-0.3, -0.25) is 4.79 Å². The van der Waals surface area contributed by atoms with Gasteiger partial charge in [0, 0.05) is 0 Å². The normalized spacial score (nSPS) is 10.4. The monoisotopic (exact) mass is 157 g/mol. The van der Waals surface area contributed by atoms with Crippen molar-refractivity contribution in [3.05, 3.63) is 12.2 Å². The van der Waals surface area contributed by atoms with Crippen molar-refractivity contribution in [2.75, 3.05) is 20.2 Å². The van der Waals surface area contributed by atoms with Gasteiger partial charge in [0.2, 0.25) is 0 Å². The van der Waals surface area contributed by atoms with Crippen LogP contribution in [0.3, 0.4) is 0 Å². The Morgan fingerprint density at radius 3 is 2.91 bits per heavy atom. The summed E-state index contributed by atoms with van der Waals surface area (Å²) in [6.45, 7) is 3.09. The zero-order valence-corrected chi connectivity index (χ0v) is 7.09. The molecule has 11 heavy (non-hydrogen) atoms. The van der Waals surface area contributed by atoms with Crippen molar-refractivity contribution < 1.29 is 9.53 Å². The minimum absolute atomic E-state index is 0.217. The second kappa shape index (κ2) is 7.28. The molecule has 0 aromatic heterocycles. The highest BCUT2D eigenvalue weighted by Crippen LogP contribution is 1.79. The molecule has 0 saturated heterocycles. The molecule has 0 aliphatic rings. The molecule has 0 heterocycles. The number of hydrogen-bond acceptors (Lipinski definition) is 3. The number of nitrogens with one attached hydrogen (secondary N) is 1. The molecule has 0 radical (unpaired) electrons. The number of carbonyl (C=O) groups excluding carboxylic acids is 1. The van der Waals surface area contributed by atoms with Crippen LogP contribution in [-0.2, 0) is 9.53 Å². The van der Waals surface area contributed by atoms with E-state index in [2.05, 4.69) is 10.1 Å². The van der Waals surface area contributed by atoms with E-state index >= 15 is 0 Å². The van der Waals surface area contributed by atoms with E-state index in [1.165, 1.54) is 7.11 Å². The second-order valence-electron chi connectivity index (χ2n) is 2.11. The van der Waals surface area contributed by atoms with Crippen LogP contribution >= 0.6 is 0 Å². The number of rotatable bonds is 5. The summed E-state index contributed by atoms with van der Waals surface area (Å²) in [5.41, 5.74) is 0. The number of methoxy groups -OCH3 is 1. The summed E-state index contributed by atoms with van der Waals surface area (Å²) in [7, 11) is 1.38. The smallest absolute Gasteiger partial charge is 0.319 e. The Labute approximate surface area is 67.4 Å². The van der Waals surface area contributed by atoms with Crippen LogP contribution in [0.1, 0.15) is 13.3 Å². The number of allylic oxidation sites excluding steroid dienone is 1. The van der Waals surface area contributed by atoms with E-state index in [9.17, 15) is 4.79 Å². The van der Waals surface area contributed by atoms with Crippen LogP contribution < -0.4 is 5.32 Å². The van der Waals surface area contributed by atoms with Gasteiger partial charge in [-0.1, -0.05) is 12.2 Å². The molecule has 64 valence electrons. The molecule has 1 N–H and O–H groups in total. The fourth-order valence-electron chi connectivity index (χ4n) is 0.615. The lowest BCUT2D eigenvalue weighted by Crippen LogP contribution is -2.24. The van der Waals surface area contributed by atoms with E-state index in [1.54, 1.807) is 0 Å². The molecule has 0 aliphatic carbocycles. The SMILES string of the molecule is C/C=C/CCNCC(=O)OC. The van der Waals surface area contributed by atoms with Crippen molar-refractivity contribution in [1.82, 2.24) is 5.32 Å². The third-order valence-corrected chi connectivity index (χ3v) is 1.22. The Morgan fingerprint density at radius 2 is 2.36 bits per heavy atom. The predicted molar refractivity (Wildman–Crippen MR) is 44.3 cm³/mol. The predicted octanol–water partition coefficient (Wildman–Crippen LogP) is 0.715. The highest BCUT2D eigenvalue weighted by Gasteiger charge is 1.95. The molecule has 0 rings (SSSR count). The maximum Gasteiger partial charge on any atom is 0.319 e. The van der Waals surface area contributed by atoms with Crippen molar-refractivity contribution in [2.24, 2.45) is 0 Å². The van der Waals surface area contributed by atoms with Gasteiger partial charge in [-0.2, -0.15) is 0 Å². The Kier molecular flexibility index (Phi) is 6.73. The maximum atomic E-state index is 10.5. The molecule has 0 aliphatic heterocycles. The average Bonchev–Trinajstić information content (AvgIpc) is 2.04. The molecule has 3 heteroatoms. The summed E-state index contributed by atoms with van der Waals surface area (Å²) in [5, 5.41) is 2.95. The molecular formula is C8H15NO2. The first-order chi connectivity index (χ1) is 5.31. The fourth-order valence-corrected chi connectivity index (χ4v) is 0.615. The number of ether oxygens (including phenoxy) is 1. The minimum Gasteiger partial charge on any atom is -0.468 e. The van der Waals surface area contributed by atoms with Crippen LogP contribution in [0.5, 0.6) is 0 Å². The first kappa shape index (κ1) is 10.2. The summed E-state index contributed by atoms with van der Waals surface area (Å²) in [4.78, 5) is 10.5. The largest absolute Gasteiger partial charge is 0.468 e. The first-order valence-electron chi connectivity index (χ1n) is 3.70. The highest BCUT2D eigenvalue weighted by atomic mass is 16.5. The molecule has 0 spiro atoms. The van der Waals surface area contributed by atoms with E-state index in [4.69, 9.17) is 0 Å². The van der Waals surface area contributed by atoms with Gasteiger partial charge in [-0.15, -0.1) is 0 Å². The van der Waals surface area contributed by atoms with Crippen LogP contribution in [-0.4, -0.2) is 26.2 Å². The van der Waals surface area contributed by atoms with Gasteiger partial charge in [0.05, 0.1) is 13.7 Å². The molecule has 0 aromatic rings. The minimum atomic E-state index is -0.217. The molecule has 3 nitrogen and oxygen atoms in total. The lowest BCUT2D eigenvalue weighted by Gasteiger charge is -1.99. The summed E-state index contributed by atoms with van der Waals surface area (Å²) in [5.74, 6) is -0.217. The molecule has 0 fully saturated rings. The van der Waals surface area contributed by atoms with E-state index in [0.29, 0.717) is 6.54 Å². The van der Waals surface area contributed by atoms with Crippen LogP contribution in [0.2, 0.25) is 0 Å². The third-order valence-electron chi connectivity index (χ3n) is 1.22. The third kappa shape index (κ3) is 7.06. The van der Waals surface area contributed by atoms with E-state index in [-0.39, 0.29) is 5.97 Å². The summed E-state index contributed by atoms with van der Waals surface area (Å²) >= 11 is 0. The summed E-state index contributed by atoms with van der Waals surface area (Å²) < 4.78 is 4.44. The van der Waals surface area contributed by atoms with Crippen LogP contribution in [0.25, 0.3) is 0 Å². The zero-order valence-electron chi connectivity index (χ0n) is 7.09. The standard InChI is InChI=1S/C8H15NO2/c1-3-4-5-6-9-7-8(10)11-2/h3-4,9H,5-7H2,1-2H3/b4-3+. The van der Waals surface area contributed by atoms with Gasteiger partial charge < -0.3 is 10.1 Å². The van der Waals surface area contributed by atoms with E-state index in [1.807, 2.05) is 19.1 Å². The maximum absolute atomic E-state index is 10.5. The number of carbonyl (C=O) groups is 1. The Bertz CT molecular complexity index is 132. The average molecular weight is 157 g/mol. The molecule has 0 unspecified atom stereocenters. The van der Waals surface area contributed by atoms with Gasteiger partial charge in [-0.05, 0) is 19.9 Å². The van der Waals surface area contributed by atoms with Crippen molar-refractivity contribution in [3.63, 3.8) is 0 Å². The van der Waals surface area contributed by atoms with Crippen LogP contribution in [0.15, 0.2) is 12.2 Å². The van der Waals surface area contributed by atoms with Gasteiger partial charge in [0.25, 0.3) is 0 Å². The lowest BCUT2D eigenvalue weighted by molar-refractivity contribution is -0.139. The first-order valence-corrected chi connectivity index (χ1v) is 3.70. The van der Waals surface area contributed by atoms with Crippen molar-refractivity contribution >= 4 is 5.97 Å². The molecule has 0 atom stereocenters. The van der Waals surface area contributed by atoms with E-state index < -0.39 is 0 Å². The fraction of sp³-hybridized carbons (Fsp3) is 0.625. The zero-order chi connectivity index (χ0) is 8.53. The van der Waals surface area contributed by atoms with Crippen molar-refractivity contribution in [3.8, 4) is 0 Å². The molecule has 0 amide bonds. The number of hydrogen-bond donors (Lipinski definition) is 1.